The van der Waals surface area contributed by atoms with Crippen LogP contribution in [0.25, 0.3) is 0 Å². The van der Waals surface area contributed by atoms with E-state index in [-0.39, 0.29) is 24.9 Å². The molecule has 0 spiro atoms. The molecule has 3 unspecified atom stereocenters. The largest absolute Gasteiger partial charge is 0.462 e. The highest BCUT2D eigenvalue weighted by atomic mass is 16.5. The van der Waals surface area contributed by atoms with Crippen molar-refractivity contribution in [2.45, 2.75) is 289 Å². The van der Waals surface area contributed by atoms with Crippen LogP contribution in [0.2, 0.25) is 0 Å². The Hall–Kier alpha value is -1.40. The fourth-order valence-corrected chi connectivity index (χ4v) is 7.78. The maximum Gasteiger partial charge on any atom is 0.306 e. The molecule has 3 N–H and O–H groups in total. The van der Waals surface area contributed by atoms with Crippen molar-refractivity contribution in [3.63, 3.8) is 0 Å². The summed E-state index contributed by atoms with van der Waals surface area (Å²) in [7, 11) is 0. The molecule has 0 aliphatic rings. The summed E-state index contributed by atoms with van der Waals surface area (Å²) in [5, 5.41) is 23.7. The van der Waals surface area contributed by atoms with Gasteiger partial charge in [-0.15, -0.1) is 0 Å². The molecule has 0 saturated carbocycles. The van der Waals surface area contributed by atoms with Crippen molar-refractivity contribution in [1.29, 1.82) is 0 Å². The van der Waals surface area contributed by atoms with Crippen LogP contribution in [0.4, 0.5) is 0 Å². The average Bonchev–Trinajstić information content (AvgIpc) is 3.19. The van der Waals surface area contributed by atoms with Crippen LogP contribution in [0.5, 0.6) is 0 Å². The summed E-state index contributed by atoms with van der Waals surface area (Å²) >= 11 is 0. The standard InChI is InChI=1S/C50H97NO5/c1-4-7-10-13-16-18-20-22-24-25-27-29-31-34-37-40-43-50(55)56-46(41-38-35-32-15-12-9-6-3)44-49(54)51-47(45-52)48(53)42-39-36-33-30-28-26-23-21-19-17-14-11-8-5-2/h24-25,46-48,52-53H,4-23,26-45H2,1-3H3,(H,51,54)/b25-24+. The third-order valence-electron chi connectivity index (χ3n) is 11.6. The molecule has 0 radical (unpaired) electrons. The second-order valence-electron chi connectivity index (χ2n) is 17.2. The molecule has 56 heavy (non-hydrogen) atoms. The molecule has 6 nitrogen and oxygen atoms in total. The van der Waals surface area contributed by atoms with Crippen molar-refractivity contribution >= 4 is 11.9 Å². The van der Waals surface area contributed by atoms with E-state index in [1.54, 1.807) is 0 Å². The molecule has 0 heterocycles. The number of rotatable bonds is 45. The van der Waals surface area contributed by atoms with Crippen LogP contribution in [-0.4, -0.2) is 46.9 Å². The second-order valence-corrected chi connectivity index (χ2v) is 17.2. The van der Waals surface area contributed by atoms with Gasteiger partial charge in [0.05, 0.1) is 25.2 Å². The molecule has 0 aromatic rings. The van der Waals surface area contributed by atoms with Gasteiger partial charge in [-0.2, -0.15) is 0 Å². The van der Waals surface area contributed by atoms with Gasteiger partial charge in [0.25, 0.3) is 0 Å². The number of hydrogen-bond donors (Lipinski definition) is 3. The lowest BCUT2D eigenvalue weighted by molar-refractivity contribution is -0.151. The number of aliphatic hydroxyl groups excluding tert-OH is 2. The van der Waals surface area contributed by atoms with E-state index >= 15 is 0 Å². The fourth-order valence-electron chi connectivity index (χ4n) is 7.78. The summed E-state index contributed by atoms with van der Waals surface area (Å²) in [5.41, 5.74) is 0. The number of aliphatic hydroxyl groups is 2. The van der Waals surface area contributed by atoms with E-state index < -0.39 is 18.2 Å². The molecule has 332 valence electrons. The van der Waals surface area contributed by atoms with E-state index in [1.807, 2.05) is 0 Å². The van der Waals surface area contributed by atoms with Gasteiger partial charge in [0.1, 0.15) is 6.10 Å². The van der Waals surface area contributed by atoms with E-state index in [2.05, 4.69) is 38.2 Å². The number of hydrogen-bond acceptors (Lipinski definition) is 5. The first-order valence-electron chi connectivity index (χ1n) is 24.9. The molecule has 0 aromatic carbocycles. The predicted molar refractivity (Wildman–Crippen MR) is 241 cm³/mol. The van der Waals surface area contributed by atoms with Gasteiger partial charge in [-0.3, -0.25) is 9.59 Å². The van der Waals surface area contributed by atoms with Gasteiger partial charge in [-0.25, -0.2) is 0 Å². The van der Waals surface area contributed by atoms with Gasteiger partial charge in [0.2, 0.25) is 5.91 Å². The van der Waals surface area contributed by atoms with Gasteiger partial charge >= 0.3 is 5.97 Å². The maximum absolute atomic E-state index is 13.1. The first-order chi connectivity index (χ1) is 27.5. The molecule has 1 amide bonds. The highest BCUT2D eigenvalue weighted by Crippen LogP contribution is 2.18. The topological polar surface area (TPSA) is 95.9 Å². The summed E-state index contributed by atoms with van der Waals surface area (Å²) in [6.45, 7) is 6.46. The molecule has 6 heteroatoms. The van der Waals surface area contributed by atoms with Crippen LogP contribution < -0.4 is 5.32 Å². The van der Waals surface area contributed by atoms with E-state index in [0.29, 0.717) is 19.3 Å². The monoisotopic (exact) mass is 792 g/mol. The number of carbonyl (C=O) groups is 2. The molecule has 0 aromatic heterocycles. The van der Waals surface area contributed by atoms with E-state index in [0.717, 1.165) is 51.4 Å². The molecule has 0 aliphatic heterocycles. The molecular formula is C50H97NO5. The van der Waals surface area contributed by atoms with Crippen LogP contribution in [0, 0.1) is 0 Å². The van der Waals surface area contributed by atoms with E-state index in [9.17, 15) is 19.8 Å². The van der Waals surface area contributed by atoms with Crippen LogP contribution in [0.15, 0.2) is 12.2 Å². The van der Waals surface area contributed by atoms with Crippen LogP contribution in [-0.2, 0) is 14.3 Å². The zero-order chi connectivity index (χ0) is 41.0. The third-order valence-corrected chi connectivity index (χ3v) is 11.6. The van der Waals surface area contributed by atoms with Crippen molar-refractivity contribution in [2.24, 2.45) is 0 Å². The SMILES string of the molecule is CCCCCCCCC/C=C/CCCCCCCC(=O)OC(CCCCCCCCC)CC(=O)NC(CO)C(O)CCCCCCCCCCCCCCCC. The normalized spacial score (nSPS) is 13.3. The number of esters is 1. The van der Waals surface area contributed by atoms with Crippen molar-refractivity contribution in [1.82, 2.24) is 5.32 Å². The number of amides is 1. The van der Waals surface area contributed by atoms with E-state index in [4.69, 9.17) is 4.74 Å². The minimum Gasteiger partial charge on any atom is -0.462 e. The lowest BCUT2D eigenvalue weighted by Crippen LogP contribution is -2.46. The number of unbranched alkanes of at least 4 members (excludes halogenated alkanes) is 31. The lowest BCUT2D eigenvalue weighted by Gasteiger charge is -2.24. The molecule has 0 saturated heterocycles. The summed E-state index contributed by atoms with van der Waals surface area (Å²) in [6.07, 6.45) is 48.5. The summed E-state index contributed by atoms with van der Waals surface area (Å²) in [6, 6.07) is -0.694. The highest BCUT2D eigenvalue weighted by Gasteiger charge is 2.24. The van der Waals surface area contributed by atoms with Gasteiger partial charge < -0.3 is 20.3 Å². The first kappa shape index (κ1) is 54.6. The molecule has 0 fully saturated rings. The second kappa shape index (κ2) is 44.7. The first-order valence-corrected chi connectivity index (χ1v) is 24.9. The molecule has 0 rings (SSSR count). The molecular weight excluding hydrogens is 695 g/mol. The Labute approximate surface area is 349 Å². The zero-order valence-corrected chi connectivity index (χ0v) is 37.8. The number of allylic oxidation sites excluding steroid dienone is 2. The van der Waals surface area contributed by atoms with Crippen LogP contribution in [0.1, 0.15) is 271 Å². The van der Waals surface area contributed by atoms with Gasteiger partial charge in [-0.05, 0) is 51.4 Å². The zero-order valence-electron chi connectivity index (χ0n) is 37.8. The number of nitrogens with one attached hydrogen (secondary N) is 1. The quantitative estimate of drug-likeness (QED) is 0.0324. The Morgan fingerprint density at radius 3 is 1.27 bits per heavy atom. The van der Waals surface area contributed by atoms with Crippen molar-refractivity contribution in [3.8, 4) is 0 Å². The van der Waals surface area contributed by atoms with Gasteiger partial charge in [0, 0.05) is 6.42 Å². The van der Waals surface area contributed by atoms with Crippen molar-refractivity contribution < 1.29 is 24.5 Å². The highest BCUT2D eigenvalue weighted by molar-refractivity contribution is 5.77. The molecule has 0 bridgehead atoms. The van der Waals surface area contributed by atoms with E-state index in [1.165, 1.54) is 173 Å². The minimum absolute atomic E-state index is 0.0795. The van der Waals surface area contributed by atoms with Crippen molar-refractivity contribution in [2.75, 3.05) is 6.61 Å². The summed E-state index contributed by atoms with van der Waals surface area (Å²) in [5.74, 6) is -0.475. The summed E-state index contributed by atoms with van der Waals surface area (Å²) < 4.78 is 5.89. The molecule has 3 atom stereocenters. The van der Waals surface area contributed by atoms with Gasteiger partial charge in [0.15, 0.2) is 0 Å². The Kier molecular flexibility index (Phi) is 43.6. The van der Waals surface area contributed by atoms with Crippen LogP contribution in [0.3, 0.4) is 0 Å². The number of carbonyl (C=O) groups excluding carboxylic acids is 2. The fraction of sp³-hybridized carbons (Fsp3) is 0.920. The molecule has 0 aliphatic carbocycles. The Bertz CT molecular complexity index is 847. The van der Waals surface area contributed by atoms with Gasteiger partial charge in [-0.1, -0.05) is 219 Å². The average molecular weight is 792 g/mol. The Balaban J connectivity index is 4.36. The number of ether oxygens (including phenoxy) is 1. The third kappa shape index (κ3) is 39.4. The predicted octanol–water partition coefficient (Wildman–Crippen LogP) is 14.6. The lowest BCUT2D eigenvalue weighted by atomic mass is 10.0. The smallest absolute Gasteiger partial charge is 0.306 e. The Morgan fingerprint density at radius 1 is 0.500 bits per heavy atom. The summed E-state index contributed by atoms with van der Waals surface area (Å²) in [4.78, 5) is 26.0. The Morgan fingerprint density at radius 2 is 0.857 bits per heavy atom. The maximum atomic E-state index is 13.1. The minimum atomic E-state index is -0.781. The van der Waals surface area contributed by atoms with Crippen molar-refractivity contribution in [3.05, 3.63) is 12.2 Å². The van der Waals surface area contributed by atoms with Crippen LogP contribution >= 0.6 is 0 Å².